The smallest absolute Gasteiger partial charge is 0.245 e. The monoisotopic (exact) mass is 450 g/mol. The van der Waals surface area contributed by atoms with Crippen LogP contribution in [0.2, 0.25) is 0 Å². The molecular formula is C22H19BrN4O2. The van der Waals surface area contributed by atoms with Crippen molar-refractivity contribution in [3.63, 3.8) is 0 Å². The highest BCUT2D eigenvalue weighted by Gasteiger charge is 2.15. The van der Waals surface area contributed by atoms with E-state index in [1.807, 2.05) is 47.9 Å². The Labute approximate surface area is 176 Å². The number of carbonyl (C=O) groups is 1. The maximum Gasteiger partial charge on any atom is 0.245 e. The van der Waals surface area contributed by atoms with E-state index in [0.29, 0.717) is 18.2 Å². The number of rotatable bonds is 6. The first-order valence-corrected chi connectivity index (χ1v) is 9.92. The van der Waals surface area contributed by atoms with Gasteiger partial charge in [-0.05, 0) is 58.7 Å². The van der Waals surface area contributed by atoms with E-state index in [-0.39, 0.29) is 12.5 Å². The van der Waals surface area contributed by atoms with Crippen molar-refractivity contribution in [3.05, 3.63) is 82.9 Å². The third kappa shape index (κ3) is 4.14. The lowest BCUT2D eigenvalue weighted by molar-refractivity contribution is -0.116. The average molecular weight is 451 g/mol. The fraction of sp³-hybridized carbons (Fsp3) is 0.136. The maximum atomic E-state index is 12.8. The largest absolute Gasteiger partial charge is 0.485 e. The Hall–Kier alpha value is -3.19. The number of nitrogens with zero attached hydrogens (tertiary/aromatic N) is 3. The van der Waals surface area contributed by atoms with Crippen LogP contribution in [0.4, 0.5) is 5.82 Å². The van der Waals surface area contributed by atoms with Crippen molar-refractivity contribution < 1.29 is 9.53 Å². The standard InChI is InChI=1S/C22H19BrN4O2/c1-15-21(23)17-5-2-3-6-18(17)27(15)13-20(28)26-22-19(7-4-10-25-22)29-14-16-8-11-24-12-9-16/h2-12H,13-14H2,1H3,(H,25,26,28). The Balaban J connectivity index is 1.50. The van der Waals surface area contributed by atoms with E-state index >= 15 is 0 Å². The second kappa shape index (κ2) is 8.45. The average Bonchev–Trinajstić information content (AvgIpc) is 2.99. The van der Waals surface area contributed by atoms with Crippen LogP contribution in [0, 0.1) is 6.92 Å². The number of anilines is 1. The van der Waals surface area contributed by atoms with Crippen molar-refractivity contribution in [2.45, 2.75) is 20.1 Å². The Morgan fingerprint density at radius 2 is 1.90 bits per heavy atom. The SMILES string of the molecule is Cc1c(Br)c2ccccc2n1CC(=O)Nc1ncccc1OCc1ccncc1. The number of hydrogen-bond donors (Lipinski definition) is 1. The number of amides is 1. The van der Waals surface area contributed by atoms with Gasteiger partial charge in [-0.1, -0.05) is 18.2 Å². The molecule has 0 aliphatic heterocycles. The molecule has 0 aliphatic carbocycles. The van der Waals surface area contributed by atoms with E-state index in [1.165, 1.54) is 0 Å². The van der Waals surface area contributed by atoms with Crippen LogP contribution < -0.4 is 10.1 Å². The predicted molar refractivity (Wildman–Crippen MR) is 116 cm³/mol. The van der Waals surface area contributed by atoms with Gasteiger partial charge in [0.2, 0.25) is 5.91 Å². The van der Waals surface area contributed by atoms with E-state index in [2.05, 4.69) is 31.2 Å². The molecule has 0 unspecified atom stereocenters. The number of para-hydroxylation sites is 1. The van der Waals surface area contributed by atoms with Crippen LogP contribution in [0.3, 0.4) is 0 Å². The lowest BCUT2D eigenvalue weighted by Crippen LogP contribution is -2.20. The molecule has 4 rings (SSSR count). The lowest BCUT2D eigenvalue weighted by Gasteiger charge is -2.13. The Morgan fingerprint density at radius 1 is 1.10 bits per heavy atom. The zero-order valence-electron chi connectivity index (χ0n) is 15.8. The molecule has 0 radical (unpaired) electrons. The van der Waals surface area contributed by atoms with Crippen molar-refractivity contribution in [2.75, 3.05) is 5.32 Å². The minimum absolute atomic E-state index is 0.172. The van der Waals surface area contributed by atoms with Crippen molar-refractivity contribution in [3.8, 4) is 5.75 Å². The van der Waals surface area contributed by atoms with Crippen molar-refractivity contribution in [1.82, 2.24) is 14.5 Å². The van der Waals surface area contributed by atoms with Gasteiger partial charge in [-0.2, -0.15) is 0 Å². The van der Waals surface area contributed by atoms with Gasteiger partial charge in [0.15, 0.2) is 11.6 Å². The molecule has 6 nitrogen and oxygen atoms in total. The number of nitrogens with one attached hydrogen (secondary N) is 1. The van der Waals surface area contributed by atoms with Gasteiger partial charge in [0.1, 0.15) is 13.2 Å². The third-order valence-electron chi connectivity index (χ3n) is 4.63. The Bertz CT molecular complexity index is 1160. The molecule has 1 amide bonds. The topological polar surface area (TPSA) is 69.0 Å². The molecule has 1 N–H and O–H groups in total. The first kappa shape index (κ1) is 19.1. The Kier molecular flexibility index (Phi) is 5.57. The summed E-state index contributed by atoms with van der Waals surface area (Å²) in [6, 6.07) is 15.3. The van der Waals surface area contributed by atoms with Crippen molar-refractivity contribution in [1.29, 1.82) is 0 Å². The van der Waals surface area contributed by atoms with Crippen LogP contribution in [0.25, 0.3) is 10.9 Å². The van der Waals surface area contributed by atoms with E-state index < -0.39 is 0 Å². The molecule has 146 valence electrons. The number of ether oxygens (including phenoxy) is 1. The van der Waals surface area contributed by atoms with Crippen LogP contribution in [0.15, 0.2) is 71.6 Å². The molecule has 0 spiro atoms. The molecule has 4 aromatic rings. The molecule has 0 aliphatic rings. The van der Waals surface area contributed by atoms with E-state index in [0.717, 1.165) is 26.6 Å². The number of pyridine rings is 2. The zero-order valence-corrected chi connectivity index (χ0v) is 17.4. The summed E-state index contributed by atoms with van der Waals surface area (Å²) in [5.41, 5.74) is 2.99. The molecule has 3 heterocycles. The van der Waals surface area contributed by atoms with Gasteiger partial charge >= 0.3 is 0 Å². The first-order valence-electron chi connectivity index (χ1n) is 9.13. The second-order valence-corrected chi connectivity index (χ2v) is 7.34. The molecule has 0 bridgehead atoms. The minimum Gasteiger partial charge on any atom is -0.485 e. The molecule has 0 saturated heterocycles. The van der Waals surface area contributed by atoms with Crippen molar-refractivity contribution in [2.24, 2.45) is 0 Å². The molecule has 0 atom stereocenters. The predicted octanol–water partition coefficient (Wildman–Crippen LogP) is 4.72. The highest BCUT2D eigenvalue weighted by Crippen LogP contribution is 2.30. The third-order valence-corrected chi connectivity index (χ3v) is 5.63. The molecule has 1 aromatic carbocycles. The number of aromatic nitrogens is 3. The van der Waals surface area contributed by atoms with Gasteiger partial charge in [0.05, 0.1) is 0 Å². The summed E-state index contributed by atoms with van der Waals surface area (Å²) in [5.74, 6) is 0.751. The van der Waals surface area contributed by atoms with Crippen LogP contribution in [0.1, 0.15) is 11.3 Å². The highest BCUT2D eigenvalue weighted by atomic mass is 79.9. The number of halogens is 1. The first-order chi connectivity index (χ1) is 14.1. The van der Waals surface area contributed by atoms with Crippen molar-refractivity contribution >= 4 is 38.6 Å². The van der Waals surface area contributed by atoms with Crippen LogP contribution >= 0.6 is 15.9 Å². The van der Waals surface area contributed by atoms with E-state index in [4.69, 9.17) is 4.74 Å². The van der Waals surface area contributed by atoms with Gasteiger partial charge in [-0.25, -0.2) is 4.98 Å². The lowest BCUT2D eigenvalue weighted by atomic mass is 10.2. The number of hydrogen-bond acceptors (Lipinski definition) is 4. The summed E-state index contributed by atoms with van der Waals surface area (Å²) in [5, 5.41) is 3.95. The zero-order chi connectivity index (χ0) is 20.2. The van der Waals surface area contributed by atoms with Gasteiger partial charge in [-0.15, -0.1) is 0 Å². The maximum absolute atomic E-state index is 12.8. The van der Waals surface area contributed by atoms with E-state index in [9.17, 15) is 4.79 Å². The molecule has 29 heavy (non-hydrogen) atoms. The van der Waals surface area contributed by atoms with Gasteiger partial charge in [0, 0.05) is 39.7 Å². The highest BCUT2D eigenvalue weighted by molar-refractivity contribution is 9.10. The molecule has 7 heteroatoms. The van der Waals surface area contributed by atoms with Crippen LogP contribution in [-0.2, 0) is 17.9 Å². The summed E-state index contributed by atoms with van der Waals surface area (Å²) in [7, 11) is 0. The second-order valence-electron chi connectivity index (χ2n) is 6.55. The summed E-state index contributed by atoms with van der Waals surface area (Å²) < 4.78 is 8.83. The van der Waals surface area contributed by atoms with Gasteiger partial charge in [-0.3, -0.25) is 9.78 Å². The number of benzene rings is 1. The summed E-state index contributed by atoms with van der Waals surface area (Å²) in [6.07, 6.45) is 5.06. The molecule has 0 saturated carbocycles. The van der Waals surface area contributed by atoms with E-state index in [1.54, 1.807) is 30.7 Å². The van der Waals surface area contributed by atoms with Crippen LogP contribution in [0.5, 0.6) is 5.75 Å². The minimum atomic E-state index is -0.172. The number of carbonyl (C=O) groups excluding carboxylic acids is 1. The Morgan fingerprint density at radius 3 is 2.72 bits per heavy atom. The van der Waals surface area contributed by atoms with Crippen LogP contribution in [-0.4, -0.2) is 20.4 Å². The fourth-order valence-electron chi connectivity index (χ4n) is 3.15. The molecular weight excluding hydrogens is 432 g/mol. The quantitative estimate of drug-likeness (QED) is 0.461. The summed E-state index contributed by atoms with van der Waals surface area (Å²) in [6.45, 7) is 2.53. The fourth-order valence-corrected chi connectivity index (χ4v) is 3.70. The van der Waals surface area contributed by atoms with Gasteiger partial charge < -0.3 is 14.6 Å². The van der Waals surface area contributed by atoms with Gasteiger partial charge in [0.25, 0.3) is 0 Å². The normalized spacial score (nSPS) is 10.8. The molecule has 3 aromatic heterocycles. The number of fused-ring (bicyclic) bond motifs is 1. The molecule has 0 fully saturated rings. The summed E-state index contributed by atoms with van der Waals surface area (Å²) in [4.78, 5) is 21.0. The summed E-state index contributed by atoms with van der Waals surface area (Å²) >= 11 is 3.62.